The van der Waals surface area contributed by atoms with Gasteiger partial charge in [0.25, 0.3) is 0 Å². The summed E-state index contributed by atoms with van der Waals surface area (Å²) in [6, 6.07) is -1.86. The molecule has 0 radical (unpaired) electrons. The Morgan fingerprint density at radius 2 is 2.05 bits per heavy atom. The van der Waals surface area contributed by atoms with Gasteiger partial charge >= 0.3 is 12.0 Å². The van der Waals surface area contributed by atoms with Crippen LogP contribution < -0.4 is 16.4 Å². The lowest BCUT2D eigenvalue weighted by Gasteiger charge is -2.18. The number of urea groups is 1. The molecule has 0 spiro atoms. The fourth-order valence-corrected chi connectivity index (χ4v) is 2.36. The molecule has 3 atom stereocenters. The normalized spacial score (nSPS) is 23.6. The summed E-state index contributed by atoms with van der Waals surface area (Å²) in [5.41, 5.74) is 4.92. The highest BCUT2D eigenvalue weighted by Gasteiger charge is 2.25. The van der Waals surface area contributed by atoms with Gasteiger partial charge in [-0.2, -0.15) is 0 Å². The minimum Gasteiger partial charge on any atom is -0.480 e. The highest BCUT2D eigenvalue weighted by atomic mass is 16.4. The average molecular weight is 271 g/mol. The molecule has 3 amide bonds. The third-order valence-electron chi connectivity index (χ3n) is 3.57. The Morgan fingerprint density at radius 1 is 1.37 bits per heavy atom. The molecule has 1 saturated carbocycles. The van der Waals surface area contributed by atoms with Crippen molar-refractivity contribution in [2.75, 3.05) is 6.54 Å². The van der Waals surface area contributed by atoms with Crippen LogP contribution >= 0.6 is 0 Å². The van der Waals surface area contributed by atoms with Crippen molar-refractivity contribution in [2.24, 2.45) is 17.6 Å². The van der Waals surface area contributed by atoms with E-state index in [-0.39, 0.29) is 0 Å². The number of carboxylic acids is 1. The van der Waals surface area contributed by atoms with Gasteiger partial charge in [-0.25, -0.2) is 9.59 Å². The third-order valence-corrected chi connectivity index (χ3v) is 3.57. The zero-order valence-corrected chi connectivity index (χ0v) is 11.0. The molecule has 5 N–H and O–H groups in total. The Labute approximate surface area is 111 Å². The molecule has 1 aliphatic carbocycles. The number of hydrogen-bond acceptors (Lipinski definition) is 3. The van der Waals surface area contributed by atoms with Gasteiger partial charge in [0, 0.05) is 6.54 Å². The predicted molar refractivity (Wildman–Crippen MR) is 68.3 cm³/mol. The van der Waals surface area contributed by atoms with Crippen molar-refractivity contribution in [2.45, 2.75) is 38.6 Å². The molecule has 0 aromatic rings. The molecule has 2 unspecified atom stereocenters. The van der Waals surface area contributed by atoms with Crippen LogP contribution in [0.15, 0.2) is 0 Å². The van der Waals surface area contributed by atoms with Crippen LogP contribution in [0, 0.1) is 11.8 Å². The third kappa shape index (κ3) is 5.15. The van der Waals surface area contributed by atoms with Crippen LogP contribution in [0.1, 0.15) is 32.6 Å². The first-order valence-corrected chi connectivity index (χ1v) is 6.45. The molecule has 19 heavy (non-hydrogen) atoms. The van der Waals surface area contributed by atoms with E-state index in [1.807, 2.05) is 0 Å². The minimum atomic E-state index is -1.28. The van der Waals surface area contributed by atoms with E-state index < -0.39 is 30.4 Å². The monoisotopic (exact) mass is 271 g/mol. The second kappa shape index (κ2) is 6.96. The Balaban J connectivity index is 2.35. The second-order valence-electron chi connectivity index (χ2n) is 5.08. The van der Waals surface area contributed by atoms with Gasteiger partial charge in [-0.1, -0.05) is 19.8 Å². The lowest BCUT2D eigenvalue weighted by molar-refractivity contribution is -0.140. The van der Waals surface area contributed by atoms with Crippen molar-refractivity contribution in [1.29, 1.82) is 0 Å². The van der Waals surface area contributed by atoms with E-state index in [0.717, 1.165) is 19.3 Å². The van der Waals surface area contributed by atoms with Gasteiger partial charge in [0.2, 0.25) is 5.91 Å². The van der Waals surface area contributed by atoms with Crippen molar-refractivity contribution >= 4 is 17.9 Å². The van der Waals surface area contributed by atoms with E-state index in [1.165, 1.54) is 0 Å². The van der Waals surface area contributed by atoms with Crippen LogP contribution in [0.2, 0.25) is 0 Å². The fourth-order valence-electron chi connectivity index (χ4n) is 2.36. The summed E-state index contributed by atoms with van der Waals surface area (Å²) in [5.74, 6) is -1.04. The molecule has 108 valence electrons. The van der Waals surface area contributed by atoms with Gasteiger partial charge in [0.05, 0.1) is 6.42 Å². The van der Waals surface area contributed by atoms with Crippen molar-refractivity contribution in [3.63, 3.8) is 0 Å². The first-order chi connectivity index (χ1) is 8.90. The number of carbonyl (C=O) groups is 3. The quantitative estimate of drug-likeness (QED) is 0.545. The second-order valence-corrected chi connectivity index (χ2v) is 5.08. The molecule has 0 heterocycles. The van der Waals surface area contributed by atoms with E-state index in [1.54, 1.807) is 0 Å². The topological polar surface area (TPSA) is 122 Å². The fraction of sp³-hybridized carbons (Fsp3) is 0.750. The van der Waals surface area contributed by atoms with Crippen LogP contribution in [0.25, 0.3) is 0 Å². The number of nitrogens with one attached hydrogen (secondary N) is 2. The standard InChI is InChI=1S/C12H21N3O4/c1-7-3-2-4-8(7)6-14-12(19)15-9(11(17)18)5-10(13)16/h7-9H,2-6H2,1H3,(H2,13,16)(H,17,18)(H2,14,15,19)/t7?,8?,9-/m0/s1. The van der Waals surface area contributed by atoms with E-state index in [4.69, 9.17) is 10.8 Å². The number of hydrogen-bond donors (Lipinski definition) is 4. The Morgan fingerprint density at radius 3 is 2.53 bits per heavy atom. The van der Waals surface area contributed by atoms with E-state index in [9.17, 15) is 14.4 Å². The molecule has 1 rings (SSSR count). The predicted octanol–water partition coefficient (Wildman–Crippen LogP) is 0.0504. The summed E-state index contributed by atoms with van der Waals surface area (Å²) >= 11 is 0. The van der Waals surface area contributed by atoms with Crippen LogP contribution in [-0.2, 0) is 9.59 Å². The van der Waals surface area contributed by atoms with E-state index in [0.29, 0.717) is 18.4 Å². The lowest BCUT2D eigenvalue weighted by atomic mass is 9.98. The maximum absolute atomic E-state index is 11.6. The summed E-state index contributed by atoms with van der Waals surface area (Å²) < 4.78 is 0. The number of primary amides is 1. The average Bonchev–Trinajstić information content (AvgIpc) is 2.70. The number of amides is 3. The van der Waals surface area contributed by atoms with Gasteiger partial charge in [-0.3, -0.25) is 4.79 Å². The SMILES string of the molecule is CC1CCCC1CNC(=O)N[C@@H](CC(N)=O)C(=O)O. The van der Waals surface area contributed by atoms with Gasteiger partial charge in [0.15, 0.2) is 0 Å². The highest BCUT2D eigenvalue weighted by molar-refractivity contribution is 5.87. The Kier molecular flexibility index (Phi) is 5.59. The summed E-state index contributed by atoms with van der Waals surface area (Å²) in [5, 5.41) is 13.7. The number of carboxylic acid groups (broad SMARTS) is 1. The Hall–Kier alpha value is -1.79. The molecule has 0 saturated heterocycles. The number of rotatable bonds is 6. The molecule has 0 aromatic carbocycles. The maximum Gasteiger partial charge on any atom is 0.326 e. The number of aliphatic carboxylic acids is 1. The minimum absolute atomic E-state index is 0.414. The van der Waals surface area contributed by atoms with Crippen molar-refractivity contribution < 1.29 is 19.5 Å². The lowest BCUT2D eigenvalue weighted by Crippen LogP contribution is -2.48. The van der Waals surface area contributed by atoms with Crippen LogP contribution in [0.3, 0.4) is 0 Å². The highest BCUT2D eigenvalue weighted by Crippen LogP contribution is 2.30. The molecular weight excluding hydrogens is 250 g/mol. The summed E-state index contributed by atoms with van der Waals surface area (Å²) in [7, 11) is 0. The number of carbonyl (C=O) groups excluding carboxylic acids is 2. The first kappa shape index (κ1) is 15.3. The van der Waals surface area contributed by atoms with Gasteiger partial charge < -0.3 is 21.5 Å². The zero-order chi connectivity index (χ0) is 14.4. The van der Waals surface area contributed by atoms with Crippen molar-refractivity contribution in [1.82, 2.24) is 10.6 Å². The molecule has 1 fully saturated rings. The van der Waals surface area contributed by atoms with Gasteiger partial charge in [-0.15, -0.1) is 0 Å². The first-order valence-electron chi connectivity index (χ1n) is 6.45. The van der Waals surface area contributed by atoms with Crippen molar-refractivity contribution in [3.8, 4) is 0 Å². The van der Waals surface area contributed by atoms with E-state index in [2.05, 4.69) is 17.6 Å². The number of nitrogens with two attached hydrogens (primary N) is 1. The van der Waals surface area contributed by atoms with Gasteiger partial charge in [-0.05, 0) is 18.3 Å². The summed E-state index contributed by atoms with van der Waals surface area (Å²) in [4.78, 5) is 33.1. The molecule has 7 heteroatoms. The summed E-state index contributed by atoms with van der Waals surface area (Å²) in [6.07, 6.45) is 2.98. The molecule has 0 aliphatic heterocycles. The van der Waals surface area contributed by atoms with Crippen LogP contribution in [0.5, 0.6) is 0 Å². The molecule has 7 nitrogen and oxygen atoms in total. The van der Waals surface area contributed by atoms with E-state index >= 15 is 0 Å². The van der Waals surface area contributed by atoms with Crippen LogP contribution in [0.4, 0.5) is 4.79 Å². The molecule has 1 aliphatic rings. The molecular formula is C12H21N3O4. The molecule has 0 aromatic heterocycles. The Bertz CT molecular complexity index is 359. The van der Waals surface area contributed by atoms with Crippen molar-refractivity contribution in [3.05, 3.63) is 0 Å². The largest absolute Gasteiger partial charge is 0.480 e. The van der Waals surface area contributed by atoms with Gasteiger partial charge in [0.1, 0.15) is 6.04 Å². The smallest absolute Gasteiger partial charge is 0.326 e. The molecule has 0 bridgehead atoms. The summed E-state index contributed by atoms with van der Waals surface area (Å²) in [6.45, 7) is 2.67. The maximum atomic E-state index is 11.6. The van der Waals surface area contributed by atoms with Crippen LogP contribution in [-0.4, -0.2) is 35.6 Å². The zero-order valence-electron chi connectivity index (χ0n) is 11.0.